The SMILES string of the molecule is CN=C(NCCc1ccc(OCC(N)=O)cc1)NCc1cc(Cl)c(Cl)n1C. The van der Waals surface area contributed by atoms with Crippen molar-refractivity contribution in [3.05, 3.63) is 51.8 Å². The summed E-state index contributed by atoms with van der Waals surface area (Å²) in [6, 6.07) is 9.35. The van der Waals surface area contributed by atoms with Crippen LogP contribution < -0.4 is 21.1 Å². The molecule has 0 saturated carbocycles. The van der Waals surface area contributed by atoms with Crippen LogP contribution in [-0.2, 0) is 24.8 Å². The van der Waals surface area contributed by atoms with Crippen LogP contribution in [0.1, 0.15) is 11.3 Å². The van der Waals surface area contributed by atoms with E-state index in [9.17, 15) is 4.79 Å². The van der Waals surface area contributed by atoms with Gasteiger partial charge in [-0.05, 0) is 30.2 Å². The Balaban J connectivity index is 1.77. The van der Waals surface area contributed by atoms with Gasteiger partial charge < -0.3 is 25.7 Å². The third-order valence-corrected chi connectivity index (χ3v) is 4.73. The van der Waals surface area contributed by atoms with Gasteiger partial charge in [0.05, 0.1) is 11.6 Å². The first-order valence-corrected chi connectivity index (χ1v) is 9.10. The van der Waals surface area contributed by atoms with E-state index >= 15 is 0 Å². The van der Waals surface area contributed by atoms with Gasteiger partial charge in [0.15, 0.2) is 12.6 Å². The highest BCUT2D eigenvalue weighted by Gasteiger charge is 2.09. The van der Waals surface area contributed by atoms with Crippen molar-refractivity contribution in [2.24, 2.45) is 17.8 Å². The highest BCUT2D eigenvalue weighted by Crippen LogP contribution is 2.24. The third-order valence-electron chi connectivity index (χ3n) is 3.89. The van der Waals surface area contributed by atoms with Gasteiger partial charge in [0, 0.05) is 26.3 Å². The van der Waals surface area contributed by atoms with Crippen molar-refractivity contribution < 1.29 is 9.53 Å². The van der Waals surface area contributed by atoms with E-state index in [2.05, 4.69) is 15.6 Å². The fraction of sp³-hybridized carbons (Fsp3) is 0.333. The molecular formula is C18H23Cl2N5O2. The zero-order valence-electron chi connectivity index (χ0n) is 15.3. The van der Waals surface area contributed by atoms with Gasteiger partial charge in [-0.25, -0.2) is 0 Å². The number of aliphatic imine (C=N–C) groups is 1. The number of nitrogens with two attached hydrogens (primary N) is 1. The molecule has 0 unspecified atom stereocenters. The second-order valence-electron chi connectivity index (χ2n) is 5.83. The monoisotopic (exact) mass is 411 g/mol. The average Bonchev–Trinajstić information content (AvgIpc) is 2.90. The number of carbonyl (C=O) groups is 1. The maximum absolute atomic E-state index is 10.7. The van der Waals surface area contributed by atoms with E-state index in [1.165, 1.54) is 0 Å². The number of guanidine groups is 1. The van der Waals surface area contributed by atoms with Crippen molar-refractivity contribution >= 4 is 35.1 Å². The molecule has 1 heterocycles. The summed E-state index contributed by atoms with van der Waals surface area (Å²) in [5, 5.41) is 7.53. The largest absolute Gasteiger partial charge is 0.484 e. The Kier molecular flexibility index (Phi) is 7.82. The lowest BCUT2D eigenvalue weighted by Crippen LogP contribution is -2.38. The van der Waals surface area contributed by atoms with Crippen LogP contribution in [-0.4, -0.2) is 36.6 Å². The summed E-state index contributed by atoms with van der Waals surface area (Å²) in [6.45, 7) is 1.13. The van der Waals surface area contributed by atoms with Crippen LogP contribution in [0.5, 0.6) is 5.75 Å². The van der Waals surface area contributed by atoms with Crippen molar-refractivity contribution in [2.45, 2.75) is 13.0 Å². The zero-order valence-corrected chi connectivity index (χ0v) is 16.8. The second-order valence-corrected chi connectivity index (χ2v) is 6.60. The van der Waals surface area contributed by atoms with Gasteiger partial charge in [0.25, 0.3) is 5.91 Å². The number of hydrogen-bond acceptors (Lipinski definition) is 3. The Morgan fingerprint density at radius 1 is 1.26 bits per heavy atom. The van der Waals surface area contributed by atoms with E-state index in [1.54, 1.807) is 7.05 Å². The maximum Gasteiger partial charge on any atom is 0.255 e. The first kappa shape index (κ1) is 20.9. The van der Waals surface area contributed by atoms with Crippen LogP contribution in [0.4, 0.5) is 0 Å². The molecule has 2 rings (SSSR count). The van der Waals surface area contributed by atoms with Gasteiger partial charge in [-0.3, -0.25) is 9.79 Å². The highest BCUT2D eigenvalue weighted by atomic mass is 35.5. The number of carbonyl (C=O) groups excluding carboxylic acids is 1. The normalized spacial score (nSPS) is 11.3. The molecule has 27 heavy (non-hydrogen) atoms. The number of rotatable bonds is 8. The Morgan fingerprint density at radius 3 is 2.52 bits per heavy atom. The number of hydrogen-bond donors (Lipinski definition) is 3. The fourth-order valence-corrected chi connectivity index (χ4v) is 2.80. The van der Waals surface area contributed by atoms with Crippen molar-refractivity contribution in [3.63, 3.8) is 0 Å². The number of nitrogens with one attached hydrogen (secondary N) is 2. The molecule has 0 aliphatic rings. The molecule has 9 heteroatoms. The van der Waals surface area contributed by atoms with E-state index in [4.69, 9.17) is 33.7 Å². The van der Waals surface area contributed by atoms with E-state index in [-0.39, 0.29) is 6.61 Å². The summed E-state index contributed by atoms with van der Waals surface area (Å²) in [7, 11) is 3.57. The predicted molar refractivity (Wildman–Crippen MR) is 108 cm³/mol. The molecule has 0 radical (unpaired) electrons. The van der Waals surface area contributed by atoms with E-state index in [0.717, 1.165) is 17.7 Å². The summed E-state index contributed by atoms with van der Waals surface area (Å²) in [6.07, 6.45) is 0.804. The minimum Gasteiger partial charge on any atom is -0.484 e. The number of nitrogens with zero attached hydrogens (tertiary/aromatic N) is 2. The number of primary amides is 1. The van der Waals surface area contributed by atoms with Crippen molar-refractivity contribution in [1.82, 2.24) is 15.2 Å². The van der Waals surface area contributed by atoms with Crippen LogP contribution in [0.25, 0.3) is 0 Å². The molecule has 0 saturated heterocycles. The van der Waals surface area contributed by atoms with Gasteiger partial charge in [0.2, 0.25) is 0 Å². The van der Waals surface area contributed by atoms with Crippen molar-refractivity contribution in [3.8, 4) is 5.75 Å². The number of halogens is 2. The Hall–Kier alpha value is -2.38. The molecule has 0 atom stereocenters. The van der Waals surface area contributed by atoms with Gasteiger partial charge in [0.1, 0.15) is 10.9 Å². The Bertz CT molecular complexity index is 803. The van der Waals surface area contributed by atoms with E-state index in [0.29, 0.717) is 35.0 Å². The molecule has 0 aliphatic carbocycles. The number of ether oxygens (including phenoxy) is 1. The van der Waals surface area contributed by atoms with Crippen molar-refractivity contribution in [1.29, 1.82) is 0 Å². The first-order chi connectivity index (χ1) is 12.9. The molecule has 1 aromatic carbocycles. The summed E-state index contributed by atoms with van der Waals surface area (Å²) in [4.78, 5) is 14.9. The molecule has 1 aromatic heterocycles. The molecule has 4 N–H and O–H groups in total. The van der Waals surface area contributed by atoms with Crippen LogP contribution in [0.3, 0.4) is 0 Å². The zero-order chi connectivity index (χ0) is 19.8. The van der Waals surface area contributed by atoms with Crippen LogP contribution in [0.2, 0.25) is 10.2 Å². The summed E-state index contributed by atoms with van der Waals surface area (Å²) in [5.41, 5.74) is 7.14. The minimum absolute atomic E-state index is 0.125. The molecule has 1 amide bonds. The second kappa shape index (κ2) is 10.1. The van der Waals surface area contributed by atoms with Crippen LogP contribution in [0, 0.1) is 0 Å². The topological polar surface area (TPSA) is 93.7 Å². The third kappa shape index (κ3) is 6.37. The molecule has 146 valence electrons. The minimum atomic E-state index is -0.498. The van der Waals surface area contributed by atoms with Gasteiger partial charge in [-0.1, -0.05) is 35.3 Å². The van der Waals surface area contributed by atoms with E-state index < -0.39 is 5.91 Å². The Morgan fingerprint density at radius 2 is 1.96 bits per heavy atom. The summed E-state index contributed by atoms with van der Waals surface area (Å²) < 4.78 is 7.06. The quantitative estimate of drug-likeness (QED) is 0.457. The van der Waals surface area contributed by atoms with Crippen LogP contribution >= 0.6 is 23.2 Å². The lowest BCUT2D eigenvalue weighted by molar-refractivity contribution is -0.119. The first-order valence-electron chi connectivity index (χ1n) is 8.35. The summed E-state index contributed by atoms with van der Waals surface area (Å²) >= 11 is 12.1. The standard InChI is InChI=1S/C18H23Cl2N5O2/c1-22-18(24-10-13-9-15(19)17(20)25(13)2)23-8-7-12-3-5-14(6-4-12)27-11-16(21)26/h3-6,9H,7-8,10-11H2,1-2H3,(H2,21,26)(H2,22,23,24). The predicted octanol–water partition coefficient (Wildman–Crippen LogP) is 2.10. The molecular weight excluding hydrogens is 389 g/mol. The van der Waals surface area contributed by atoms with Gasteiger partial charge in [-0.15, -0.1) is 0 Å². The molecule has 0 aliphatic heterocycles. The smallest absolute Gasteiger partial charge is 0.255 e. The number of aromatic nitrogens is 1. The molecule has 0 bridgehead atoms. The molecule has 2 aromatic rings. The average molecular weight is 412 g/mol. The van der Waals surface area contributed by atoms with Gasteiger partial charge >= 0.3 is 0 Å². The Labute approximate surface area is 168 Å². The van der Waals surface area contributed by atoms with Crippen LogP contribution in [0.15, 0.2) is 35.3 Å². The molecule has 0 spiro atoms. The molecule has 7 nitrogen and oxygen atoms in total. The van der Waals surface area contributed by atoms with E-state index in [1.807, 2.05) is 41.9 Å². The lowest BCUT2D eigenvalue weighted by atomic mass is 10.1. The lowest BCUT2D eigenvalue weighted by Gasteiger charge is -2.12. The maximum atomic E-state index is 10.7. The molecule has 0 fully saturated rings. The summed E-state index contributed by atoms with van der Waals surface area (Å²) in [5.74, 6) is 0.801. The number of amides is 1. The van der Waals surface area contributed by atoms with Gasteiger partial charge in [-0.2, -0.15) is 0 Å². The van der Waals surface area contributed by atoms with Crippen molar-refractivity contribution in [2.75, 3.05) is 20.2 Å². The number of benzene rings is 1. The fourth-order valence-electron chi connectivity index (χ4n) is 2.39. The highest BCUT2D eigenvalue weighted by molar-refractivity contribution is 6.41.